The van der Waals surface area contributed by atoms with Gasteiger partial charge in [0.05, 0.1) is 18.2 Å². The summed E-state index contributed by atoms with van der Waals surface area (Å²) in [4.78, 5) is 23.1. The highest BCUT2D eigenvalue weighted by atomic mass is 35.5. The number of hydrogen-bond donors (Lipinski definition) is 2. The summed E-state index contributed by atoms with van der Waals surface area (Å²) in [6, 6.07) is 6.42. The fourth-order valence-corrected chi connectivity index (χ4v) is 3.23. The maximum Gasteiger partial charge on any atom is 0.220 e. The maximum absolute atomic E-state index is 13.2. The molecular weight excluding hydrogens is 397 g/mol. The topological polar surface area (TPSA) is 79.4 Å². The summed E-state index contributed by atoms with van der Waals surface area (Å²) in [5.74, 6) is 1.78. The van der Waals surface area contributed by atoms with Crippen LogP contribution in [-0.4, -0.2) is 55.3 Å². The van der Waals surface area contributed by atoms with Crippen LogP contribution in [0.2, 0.25) is 5.02 Å². The molecule has 1 aliphatic heterocycles. The van der Waals surface area contributed by atoms with E-state index in [-0.39, 0.29) is 10.9 Å². The number of carbonyl (C=O) groups excluding carboxylic acids is 1. The molecule has 1 aromatic carbocycles. The Morgan fingerprint density at radius 1 is 1.24 bits per heavy atom. The number of hydrogen-bond acceptors (Lipinski definition) is 6. The van der Waals surface area contributed by atoms with Crippen molar-refractivity contribution in [1.29, 1.82) is 0 Å². The van der Waals surface area contributed by atoms with Gasteiger partial charge in [0.25, 0.3) is 0 Å². The molecule has 0 aliphatic carbocycles. The number of amides is 1. The monoisotopic (exact) mass is 421 g/mol. The number of rotatable bonds is 8. The number of anilines is 2. The van der Waals surface area contributed by atoms with E-state index < -0.39 is 5.82 Å². The van der Waals surface area contributed by atoms with Gasteiger partial charge in [-0.15, -0.1) is 0 Å². The Bertz CT molecular complexity index is 846. The van der Waals surface area contributed by atoms with E-state index in [1.165, 1.54) is 6.07 Å². The normalized spacial score (nSPS) is 14.0. The summed E-state index contributed by atoms with van der Waals surface area (Å²) in [7, 11) is 0. The predicted octanol–water partition coefficient (Wildman–Crippen LogP) is 2.58. The van der Waals surface area contributed by atoms with Gasteiger partial charge in [-0.1, -0.05) is 17.7 Å². The highest BCUT2D eigenvalue weighted by Gasteiger charge is 2.14. The molecule has 1 aromatic heterocycles. The largest absolute Gasteiger partial charge is 0.378 e. The number of carbonyl (C=O) groups is 1. The van der Waals surface area contributed by atoms with Gasteiger partial charge >= 0.3 is 0 Å². The Hall–Kier alpha value is -2.45. The van der Waals surface area contributed by atoms with Crippen molar-refractivity contribution in [2.75, 3.05) is 49.6 Å². The molecule has 1 amide bonds. The van der Waals surface area contributed by atoms with Gasteiger partial charge in [0, 0.05) is 38.7 Å². The molecule has 156 valence electrons. The van der Waals surface area contributed by atoms with Crippen LogP contribution in [0.1, 0.15) is 17.8 Å². The van der Waals surface area contributed by atoms with Crippen molar-refractivity contribution in [2.24, 2.45) is 0 Å². The summed E-state index contributed by atoms with van der Waals surface area (Å²) in [6.45, 7) is 5.89. The quantitative estimate of drug-likeness (QED) is 0.638. The zero-order valence-electron chi connectivity index (χ0n) is 16.4. The van der Waals surface area contributed by atoms with Crippen LogP contribution in [0.25, 0.3) is 0 Å². The van der Waals surface area contributed by atoms with Crippen LogP contribution in [0.3, 0.4) is 0 Å². The van der Waals surface area contributed by atoms with Crippen LogP contribution in [0.5, 0.6) is 0 Å². The van der Waals surface area contributed by atoms with E-state index >= 15 is 0 Å². The van der Waals surface area contributed by atoms with E-state index in [9.17, 15) is 9.18 Å². The first-order valence-electron chi connectivity index (χ1n) is 9.64. The van der Waals surface area contributed by atoms with E-state index in [2.05, 4.69) is 25.5 Å². The summed E-state index contributed by atoms with van der Waals surface area (Å²) in [5, 5.41) is 6.16. The van der Waals surface area contributed by atoms with Gasteiger partial charge in [-0.05, 0) is 31.0 Å². The minimum atomic E-state index is -0.456. The van der Waals surface area contributed by atoms with Crippen molar-refractivity contribution in [3.63, 3.8) is 0 Å². The molecule has 2 N–H and O–H groups in total. The van der Waals surface area contributed by atoms with Crippen LogP contribution in [0.15, 0.2) is 24.3 Å². The molecule has 2 heterocycles. The van der Waals surface area contributed by atoms with E-state index in [1.54, 1.807) is 12.1 Å². The van der Waals surface area contributed by atoms with Crippen molar-refractivity contribution in [3.8, 4) is 0 Å². The first kappa shape index (κ1) is 21.3. The average Bonchev–Trinajstić information content (AvgIpc) is 2.72. The average molecular weight is 422 g/mol. The van der Waals surface area contributed by atoms with Crippen molar-refractivity contribution in [2.45, 2.75) is 19.8 Å². The minimum Gasteiger partial charge on any atom is -0.378 e. The smallest absolute Gasteiger partial charge is 0.220 e. The van der Waals surface area contributed by atoms with Crippen molar-refractivity contribution >= 4 is 29.1 Å². The lowest BCUT2D eigenvalue weighted by atomic mass is 10.1. The molecule has 0 saturated carbocycles. The molecule has 7 nitrogen and oxygen atoms in total. The molecule has 3 rings (SSSR count). The van der Waals surface area contributed by atoms with E-state index in [4.69, 9.17) is 16.3 Å². The molecular formula is C20H25ClFN5O2. The Labute approximate surface area is 174 Å². The lowest BCUT2D eigenvalue weighted by Crippen LogP contribution is -2.37. The lowest BCUT2D eigenvalue weighted by Gasteiger charge is -2.28. The van der Waals surface area contributed by atoms with E-state index in [1.807, 2.05) is 13.0 Å². The maximum atomic E-state index is 13.2. The van der Waals surface area contributed by atoms with Gasteiger partial charge in [0.2, 0.25) is 5.91 Å². The van der Waals surface area contributed by atoms with Crippen LogP contribution >= 0.6 is 11.6 Å². The Kier molecular flexibility index (Phi) is 7.60. The molecule has 0 atom stereocenters. The standard InChI is InChI=1S/C20H25ClFN5O2/c1-14-25-18(13-19(26-14)27-8-10-29-11-9-27)23-6-7-24-20(28)5-3-15-2-4-17(22)16(21)12-15/h2,4,12-13H,3,5-11H2,1H3,(H,24,28)(H,23,25,26). The highest BCUT2D eigenvalue weighted by Crippen LogP contribution is 2.18. The van der Waals surface area contributed by atoms with Crippen molar-refractivity contribution in [1.82, 2.24) is 15.3 Å². The number of halogens is 2. The summed E-state index contributed by atoms with van der Waals surface area (Å²) < 4.78 is 18.5. The Morgan fingerprint density at radius 3 is 2.79 bits per heavy atom. The number of ether oxygens (including phenoxy) is 1. The van der Waals surface area contributed by atoms with Gasteiger partial charge in [-0.2, -0.15) is 0 Å². The minimum absolute atomic E-state index is 0.0693. The van der Waals surface area contributed by atoms with Crippen molar-refractivity contribution < 1.29 is 13.9 Å². The second-order valence-corrected chi connectivity index (χ2v) is 7.19. The zero-order chi connectivity index (χ0) is 20.6. The Balaban J connectivity index is 1.41. The van der Waals surface area contributed by atoms with Gasteiger partial charge < -0.3 is 20.3 Å². The van der Waals surface area contributed by atoms with Gasteiger partial charge in [0.1, 0.15) is 23.3 Å². The highest BCUT2D eigenvalue weighted by molar-refractivity contribution is 6.30. The zero-order valence-corrected chi connectivity index (χ0v) is 17.1. The molecule has 9 heteroatoms. The van der Waals surface area contributed by atoms with Crippen LogP contribution in [0, 0.1) is 12.7 Å². The molecule has 0 spiro atoms. The fraction of sp³-hybridized carbons (Fsp3) is 0.450. The van der Waals surface area contributed by atoms with Crippen LogP contribution < -0.4 is 15.5 Å². The van der Waals surface area contributed by atoms with E-state index in [0.717, 1.165) is 30.3 Å². The predicted molar refractivity (Wildman–Crippen MR) is 111 cm³/mol. The molecule has 1 aliphatic rings. The third-order valence-corrected chi connectivity index (χ3v) is 4.83. The van der Waals surface area contributed by atoms with Gasteiger partial charge in [0.15, 0.2) is 0 Å². The van der Waals surface area contributed by atoms with Crippen LogP contribution in [0.4, 0.5) is 16.0 Å². The van der Waals surface area contributed by atoms with Gasteiger partial charge in [-0.3, -0.25) is 4.79 Å². The number of aryl methyl sites for hydroxylation is 2. The molecule has 0 unspecified atom stereocenters. The lowest BCUT2D eigenvalue weighted by molar-refractivity contribution is -0.120. The summed E-state index contributed by atoms with van der Waals surface area (Å²) >= 11 is 5.76. The fourth-order valence-electron chi connectivity index (χ4n) is 3.03. The third-order valence-electron chi connectivity index (χ3n) is 4.54. The summed E-state index contributed by atoms with van der Waals surface area (Å²) in [6.07, 6.45) is 0.822. The number of aromatic nitrogens is 2. The number of benzene rings is 1. The number of nitrogens with one attached hydrogen (secondary N) is 2. The molecule has 0 bridgehead atoms. The molecule has 29 heavy (non-hydrogen) atoms. The summed E-state index contributed by atoms with van der Waals surface area (Å²) in [5.41, 5.74) is 0.830. The van der Waals surface area contributed by atoms with E-state index in [0.29, 0.717) is 45.0 Å². The first-order chi connectivity index (χ1) is 14.0. The van der Waals surface area contributed by atoms with Crippen molar-refractivity contribution in [3.05, 3.63) is 46.5 Å². The molecule has 2 aromatic rings. The molecule has 0 radical (unpaired) electrons. The molecule has 1 fully saturated rings. The SMILES string of the molecule is Cc1nc(NCCNC(=O)CCc2ccc(F)c(Cl)c2)cc(N2CCOCC2)n1. The second-order valence-electron chi connectivity index (χ2n) is 6.78. The van der Waals surface area contributed by atoms with Crippen LogP contribution in [-0.2, 0) is 16.0 Å². The number of morpholine rings is 1. The first-order valence-corrected chi connectivity index (χ1v) is 10.0. The second kappa shape index (κ2) is 10.4. The number of nitrogens with zero attached hydrogens (tertiary/aromatic N) is 3. The van der Waals surface area contributed by atoms with Gasteiger partial charge in [-0.25, -0.2) is 14.4 Å². The Morgan fingerprint density at radius 2 is 2.03 bits per heavy atom. The molecule has 1 saturated heterocycles. The third kappa shape index (κ3) is 6.54.